The third-order valence-corrected chi connectivity index (χ3v) is 7.46. The summed E-state index contributed by atoms with van der Waals surface area (Å²) in [7, 11) is -3.86. The van der Waals surface area contributed by atoms with Crippen molar-refractivity contribution < 1.29 is 13.2 Å². The molecule has 10 heteroatoms. The average Bonchev–Trinajstić information content (AvgIpc) is 3.32. The molecule has 1 saturated heterocycles. The first kappa shape index (κ1) is 18.5. The molecule has 2 heterocycles. The Morgan fingerprint density at radius 2 is 1.96 bits per heavy atom. The van der Waals surface area contributed by atoms with Crippen LogP contribution in [0.25, 0.3) is 11.0 Å². The summed E-state index contributed by atoms with van der Waals surface area (Å²) in [6.45, 7) is 0.300. The Morgan fingerprint density at radius 1 is 1.19 bits per heavy atom. The molecule has 7 nitrogen and oxygen atoms in total. The highest BCUT2D eigenvalue weighted by Gasteiger charge is 2.40. The lowest BCUT2D eigenvalue weighted by Crippen LogP contribution is -2.43. The summed E-state index contributed by atoms with van der Waals surface area (Å²) in [6, 6.07) is 11.3. The van der Waals surface area contributed by atoms with Gasteiger partial charge in [-0.2, -0.15) is 13.1 Å². The monoisotopic (exact) mass is 466 g/mol. The Kier molecular flexibility index (Phi) is 4.97. The van der Waals surface area contributed by atoms with E-state index in [0.29, 0.717) is 36.1 Å². The van der Waals surface area contributed by atoms with E-state index < -0.39 is 16.1 Å². The number of halogens is 1. The Morgan fingerprint density at radius 3 is 2.74 bits per heavy atom. The maximum Gasteiger partial charge on any atom is 0.246 e. The number of amides is 1. The van der Waals surface area contributed by atoms with Gasteiger partial charge in [0.25, 0.3) is 0 Å². The van der Waals surface area contributed by atoms with Crippen LogP contribution in [0.2, 0.25) is 0 Å². The lowest BCUT2D eigenvalue weighted by atomic mass is 10.2. The van der Waals surface area contributed by atoms with E-state index in [9.17, 15) is 13.2 Å². The number of benzene rings is 2. The predicted molar refractivity (Wildman–Crippen MR) is 107 cm³/mol. The number of carbonyl (C=O) groups excluding carboxylic acids is 1. The number of fused-ring (bicyclic) bond motifs is 1. The number of nitrogens with one attached hydrogen (secondary N) is 1. The van der Waals surface area contributed by atoms with Crippen molar-refractivity contribution in [1.82, 2.24) is 13.1 Å². The van der Waals surface area contributed by atoms with Gasteiger partial charge in [0.05, 0.1) is 11.7 Å². The zero-order valence-corrected chi connectivity index (χ0v) is 17.2. The molecule has 3 aromatic rings. The fraction of sp³-hybridized carbons (Fsp3) is 0.235. The van der Waals surface area contributed by atoms with Crippen molar-refractivity contribution >= 4 is 60.3 Å². The zero-order chi connectivity index (χ0) is 19.0. The van der Waals surface area contributed by atoms with Crippen LogP contribution in [0.1, 0.15) is 12.8 Å². The van der Waals surface area contributed by atoms with Gasteiger partial charge in [0, 0.05) is 16.7 Å². The SMILES string of the molecule is O=C(Nc1ccc(Br)cc1)C1CCCN1S(=O)(=O)c1cccc2nsnc12. The van der Waals surface area contributed by atoms with E-state index >= 15 is 0 Å². The molecule has 140 valence electrons. The molecule has 0 spiro atoms. The van der Waals surface area contributed by atoms with Crippen LogP contribution in [-0.4, -0.2) is 40.0 Å². The van der Waals surface area contributed by atoms with Crippen LogP contribution in [0.4, 0.5) is 5.69 Å². The molecule has 0 saturated carbocycles. The molecule has 1 amide bonds. The summed E-state index contributed by atoms with van der Waals surface area (Å²) in [4.78, 5) is 12.8. The number of nitrogens with zero attached hydrogens (tertiary/aromatic N) is 3. The van der Waals surface area contributed by atoms with Crippen molar-refractivity contribution in [1.29, 1.82) is 0 Å². The van der Waals surface area contributed by atoms with Crippen LogP contribution in [0.3, 0.4) is 0 Å². The first-order valence-electron chi connectivity index (χ1n) is 8.26. The molecule has 1 unspecified atom stereocenters. The molecule has 2 aromatic carbocycles. The van der Waals surface area contributed by atoms with Gasteiger partial charge in [-0.15, -0.1) is 0 Å². The number of rotatable bonds is 4. The summed E-state index contributed by atoms with van der Waals surface area (Å²) < 4.78 is 36.9. The number of sulfonamides is 1. The molecular formula is C17H15BrN4O3S2. The smallest absolute Gasteiger partial charge is 0.246 e. The van der Waals surface area contributed by atoms with Crippen LogP contribution in [-0.2, 0) is 14.8 Å². The molecule has 0 radical (unpaired) electrons. The van der Waals surface area contributed by atoms with E-state index in [2.05, 4.69) is 30.0 Å². The van der Waals surface area contributed by atoms with Crippen molar-refractivity contribution in [2.45, 2.75) is 23.8 Å². The Labute approximate surface area is 168 Å². The van der Waals surface area contributed by atoms with E-state index in [1.807, 2.05) is 12.1 Å². The van der Waals surface area contributed by atoms with Gasteiger partial charge in [-0.05, 0) is 49.2 Å². The normalized spacial score (nSPS) is 18.0. The fourth-order valence-corrected chi connectivity index (χ4v) is 5.84. The van der Waals surface area contributed by atoms with E-state index in [0.717, 1.165) is 16.2 Å². The molecule has 1 aliphatic heterocycles. The zero-order valence-electron chi connectivity index (χ0n) is 14.0. The topological polar surface area (TPSA) is 92.3 Å². The lowest BCUT2D eigenvalue weighted by molar-refractivity contribution is -0.119. The van der Waals surface area contributed by atoms with Gasteiger partial charge in [-0.1, -0.05) is 22.0 Å². The highest BCUT2D eigenvalue weighted by molar-refractivity contribution is 9.10. The van der Waals surface area contributed by atoms with Gasteiger partial charge in [-0.25, -0.2) is 8.42 Å². The highest BCUT2D eigenvalue weighted by Crippen LogP contribution is 2.30. The quantitative estimate of drug-likeness (QED) is 0.636. The fourth-order valence-electron chi connectivity index (χ4n) is 3.16. The van der Waals surface area contributed by atoms with Crippen LogP contribution >= 0.6 is 27.7 Å². The third-order valence-electron chi connectivity index (χ3n) is 4.45. The second-order valence-electron chi connectivity index (χ2n) is 6.16. The summed E-state index contributed by atoms with van der Waals surface area (Å²) >= 11 is 4.32. The number of aromatic nitrogens is 2. The molecule has 27 heavy (non-hydrogen) atoms. The summed E-state index contributed by atoms with van der Waals surface area (Å²) in [5.74, 6) is -0.332. The van der Waals surface area contributed by atoms with Gasteiger partial charge in [0.1, 0.15) is 22.0 Å². The summed E-state index contributed by atoms with van der Waals surface area (Å²) in [5, 5.41) is 2.80. The van der Waals surface area contributed by atoms with Gasteiger partial charge in [0.2, 0.25) is 15.9 Å². The Hall–Kier alpha value is -1.88. The molecule has 1 fully saturated rings. The largest absolute Gasteiger partial charge is 0.325 e. The van der Waals surface area contributed by atoms with E-state index in [1.165, 1.54) is 10.4 Å². The van der Waals surface area contributed by atoms with E-state index in [-0.39, 0.29) is 10.8 Å². The molecule has 1 atom stereocenters. The molecular weight excluding hydrogens is 452 g/mol. The average molecular weight is 467 g/mol. The van der Waals surface area contributed by atoms with Crippen LogP contribution in [0, 0.1) is 0 Å². The Balaban J connectivity index is 1.63. The third kappa shape index (κ3) is 3.49. The number of carbonyl (C=O) groups is 1. The minimum Gasteiger partial charge on any atom is -0.325 e. The summed E-state index contributed by atoms with van der Waals surface area (Å²) in [5.41, 5.74) is 1.51. The van der Waals surface area contributed by atoms with Gasteiger partial charge >= 0.3 is 0 Å². The number of hydrogen-bond donors (Lipinski definition) is 1. The van der Waals surface area contributed by atoms with E-state index in [1.54, 1.807) is 24.3 Å². The highest BCUT2D eigenvalue weighted by atomic mass is 79.9. The minimum atomic E-state index is -3.86. The van der Waals surface area contributed by atoms with Crippen LogP contribution in [0.15, 0.2) is 51.8 Å². The van der Waals surface area contributed by atoms with Crippen molar-refractivity contribution in [3.63, 3.8) is 0 Å². The summed E-state index contributed by atoms with van der Waals surface area (Å²) in [6.07, 6.45) is 1.11. The van der Waals surface area contributed by atoms with E-state index in [4.69, 9.17) is 0 Å². The van der Waals surface area contributed by atoms with Crippen LogP contribution < -0.4 is 5.32 Å². The lowest BCUT2D eigenvalue weighted by Gasteiger charge is -2.23. The molecule has 1 aromatic heterocycles. The number of hydrogen-bond acceptors (Lipinski definition) is 6. The van der Waals surface area contributed by atoms with Crippen LogP contribution in [0.5, 0.6) is 0 Å². The van der Waals surface area contributed by atoms with Crippen molar-refractivity contribution in [3.8, 4) is 0 Å². The molecule has 1 aliphatic rings. The van der Waals surface area contributed by atoms with Crippen molar-refractivity contribution in [2.75, 3.05) is 11.9 Å². The van der Waals surface area contributed by atoms with Gasteiger partial charge < -0.3 is 5.32 Å². The molecule has 0 bridgehead atoms. The molecule has 4 rings (SSSR count). The predicted octanol–water partition coefficient (Wildman–Crippen LogP) is 3.25. The Bertz CT molecular complexity index is 1100. The maximum absolute atomic E-state index is 13.2. The number of anilines is 1. The first-order valence-corrected chi connectivity index (χ1v) is 11.2. The first-order chi connectivity index (χ1) is 13.0. The van der Waals surface area contributed by atoms with Crippen molar-refractivity contribution in [2.24, 2.45) is 0 Å². The van der Waals surface area contributed by atoms with Crippen molar-refractivity contribution in [3.05, 3.63) is 46.9 Å². The van der Waals surface area contributed by atoms with Gasteiger partial charge in [-0.3, -0.25) is 4.79 Å². The maximum atomic E-state index is 13.2. The minimum absolute atomic E-state index is 0.0945. The molecule has 1 N–H and O–H groups in total. The second-order valence-corrected chi connectivity index (χ2v) is 9.46. The van der Waals surface area contributed by atoms with Gasteiger partial charge in [0.15, 0.2) is 0 Å². The second kappa shape index (κ2) is 7.27. The standard InChI is InChI=1S/C17H15BrN4O3S2/c18-11-6-8-12(9-7-11)19-17(23)14-4-2-10-22(14)27(24,25)15-5-1-3-13-16(15)21-26-20-13/h1,3,5-9,14H,2,4,10H2,(H,19,23). The molecule has 0 aliphatic carbocycles.